The van der Waals surface area contributed by atoms with Crippen LogP contribution in [0.15, 0.2) is 54.6 Å². The lowest BCUT2D eigenvalue weighted by atomic mass is 10.1. The van der Waals surface area contributed by atoms with Crippen LogP contribution in [0, 0.1) is 0 Å². The summed E-state index contributed by atoms with van der Waals surface area (Å²) in [6, 6.07) is 16.6. The Morgan fingerprint density at radius 1 is 1.03 bits per heavy atom. The summed E-state index contributed by atoms with van der Waals surface area (Å²) in [4.78, 5) is 14.0. The van der Waals surface area contributed by atoms with Crippen molar-refractivity contribution in [2.75, 3.05) is 31.1 Å². The minimum atomic E-state index is -3.92. The lowest BCUT2D eigenvalue weighted by Crippen LogP contribution is -2.56. The van der Waals surface area contributed by atoms with E-state index in [0.717, 1.165) is 11.3 Å². The highest BCUT2D eigenvalue weighted by Crippen LogP contribution is 2.52. The first kappa shape index (κ1) is 20.2. The van der Waals surface area contributed by atoms with Gasteiger partial charge < -0.3 is 10.0 Å². The quantitative estimate of drug-likeness (QED) is 0.726. The van der Waals surface area contributed by atoms with E-state index in [4.69, 9.17) is 11.6 Å². The van der Waals surface area contributed by atoms with E-state index in [9.17, 15) is 18.3 Å². The number of carboxylic acid groups (broad SMARTS) is 1. The highest BCUT2D eigenvalue weighted by molar-refractivity contribution is 7.87. The molecule has 9 heteroatoms. The Kier molecular flexibility index (Phi) is 5.29. The van der Waals surface area contributed by atoms with Crippen LogP contribution in [-0.4, -0.2) is 55.5 Å². The fourth-order valence-corrected chi connectivity index (χ4v) is 5.55. The molecule has 2 aromatic rings. The van der Waals surface area contributed by atoms with Crippen LogP contribution < -0.4 is 9.62 Å². The number of aliphatic carboxylic acids is 1. The second-order valence-corrected chi connectivity index (χ2v) is 9.52. The van der Waals surface area contributed by atoms with Gasteiger partial charge in [-0.15, -0.1) is 0 Å². The highest BCUT2D eigenvalue weighted by atomic mass is 35.5. The van der Waals surface area contributed by atoms with Gasteiger partial charge in [-0.2, -0.15) is 17.4 Å². The molecule has 2 N–H and O–H groups in total. The summed E-state index contributed by atoms with van der Waals surface area (Å²) in [5, 5.41) is 10.4. The van der Waals surface area contributed by atoms with Crippen molar-refractivity contribution in [1.29, 1.82) is 0 Å². The zero-order chi connectivity index (χ0) is 20.6. The number of rotatable bonds is 6. The normalized spacial score (nSPS) is 25.0. The molecule has 1 aliphatic carbocycles. The number of anilines is 1. The first-order valence-electron chi connectivity index (χ1n) is 9.40. The maximum absolute atomic E-state index is 12.9. The van der Waals surface area contributed by atoms with Crippen LogP contribution >= 0.6 is 11.6 Å². The molecule has 29 heavy (non-hydrogen) atoms. The third-order valence-electron chi connectivity index (χ3n) is 5.63. The lowest BCUT2D eigenvalue weighted by Gasteiger charge is -2.36. The molecule has 0 radical (unpaired) electrons. The number of hydrogen-bond donors (Lipinski definition) is 2. The van der Waals surface area contributed by atoms with Gasteiger partial charge in [0.05, 0.1) is 0 Å². The summed E-state index contributed by atoms with van der Waals surface area (Å²) in [5.74, 6) is -1.51. The van der Waals surface area contributed by atoms with Crippen LogP contribution in [0.2, 0.25) is 5.02 Å². The molecular weight excluding hydrogens is 414 g/mol. The molecule has 1 heterocycles. The Morgan fingerprint density at radius 2 is 1.66 bits per heavy atom. The van der Waals surface area contributed by atoms with Gasteiger partial charge in [-0.25, -0.2) is 0 Å². The maximum atomic E-state index is 12.9. The summed E-state index contributed by atoms with van der Waals surface area (Å²) >= 11 is 5.92. The van der Waals surface area contributed by atoms with Gasteiger partial charge in [0, 0.05) is 42.8 Å². The zero-order valence-electron chi connectivity index (χ0n) is 15.7. The molecule has 2 atom stereocenters. The molecular formula is C20H22ClN3O4S. The number of carboxylic acids is 1. The molecule has 2 fully saturated rings. The summed E-state index contributed by atoms with van der Waals surface area (Å²) in [6.07, 6.45) is 0.246. The van der Waals surface area contributed by atoms with Gasteiger partial charge >= 0.3 is 5.97 Å². The molecule has 0 spiro atoms. The molecule has 0 bridgehead atoms. The molecule has 1 saturated carbocycles. The largest absolute Gasteiger partial charge is 0.480 e. The van der Waals surface area contributed by atoms with E-state index in [0.29, 0.717) is 18.1 Å². The van der Waals surface area contributed by atoms with Crippen LogP contribution in [0.4, 0.5) is 5.69 Å². The van der Waals surface area contributed by atoms with E-state index < -0.39 is 21.7 Å². The second kappa shape index (κ2) is 7.60. The SMILES string of the molecule is O=C(O)[C@@]1(NS(=O)(=O)N2CCN(c3ccc(Cl)cc3)CC2)C[C@H]1c1ccccc1. The van der Waals surface area contributed by atoms with Gasteiger partial charge in [0.15, 0.2) is 0 Å². The fraction of sp³-hybridized carbons (Fsp3) is 0.350. The number of carbonyl (C=O) groups is 1. The Labute approximate surface area is 175 Å². The number of benzene rings is 2. The molecule has 0 aromatic heterocycles. The van der Waals surface area contributed by atoms with E-state index >= 15 is 0 Å². The maximum Gasteiger partial charge on any atom is 0.325 e. The van der Waals surface area contributed by atoms with Crippen LogP contribution in [0.1, 0.15) is 17.9 Å². The van der Waals surface area contributed by atoms with E-state index in [1.807, 2.05) is 42.5 Å². The average molecular weight is 436 g/mol. The topological polar surface area (TPSA) is 89.9 Å². The van der Waals surface area contributed by atoms with E-state index in [1.165, 1.54) is 4.31 Å². The Bertz CT molecular complexity index is 992. The molecule has 154 valence electrons. The van der Waals surface area contributed by atoms with Crippen LogP contribution in [-0.2, 0) is 15.0 Å². The van der Waals surface area contributed by atoms with Crippen LogP contribution in [0.5, 0.6) is 0 Å². The molecule has 1 saturated heterocycles. The predicted octanol–water partition coefficient (Wildman–Crippen LogP) is 2.31. The number of nitrogens with zero attached hydrogens (tertiary/aromatic N) is 2. The van der Waals surface area contributed by atoms with E-state index in [-0.39, 0.29) is 25.4 Å². The molecule has 2 aromatic carbocycles. The Hall–Kier alpha value is -2.13. The van der Waals surface area contributed by atoms with Crippen molar-refractivity contribution in [3.63, 3.8) is 0 Å². The Morgan fingerprint density at radius 3 is 2.24 bits per heavy atom. The lowest BCUT2D eigenvalue weighted by molar-refractivity contribution is -0.140. The Balaban J connectivity index is 1.44. The van der Waals surface area contributed by atoms with Crippen molar-refractivity contribution in [3.8, 4) is 0 Å². The van der Waals surface area contributed by atoms with Crippen molar-refractivity contribution >= 4 is 33.5 Å². The fourth-order valence-electron chi connectivity index (χ4n) is 3.88. The number of hydrogen-bond acceptors (Lipinski definition) is 4. The summed E-state index contributed by atoms with van der Waals surface area (Å²) < 4.78 is 29.7. The van der Waals surface area contributed by atoms with Gasteiger partial charge in [-0.05, 0) is 36.2 Å². The van der Waals surface area contributed by atoms with Crippen molar-refractivity contribution in [2.45, 2.75) is 17.9 Å². The number of piperazine rings is 1. The van der Waals surface area contributed by atoms with Gasteiger partial charge in [0.2, 0.25) is 0 Å². The van der Waals surface area contributed by atoms with Gasteiger partial charge in [0.1, 0.15) is 5.54 Å². The van der Waals surface area contributed by atoms with Crippen molar-refractivity contribution in [2.24, 2.45) is 0 Å². The van der Waals surface area contributed by atoms with E-state index in [2.05, 4.69) is 9.62 Å². The third-order valence-corrected chi connectivity index (χ3v) is 7.55. The number of nitrogens with one attached hydrogen (secondary N) is 1. The zero-order valence-corrected chi connectivity index (χ0v) is 17.2. The first-order valence-corrected chi connectivity index (χ1v) is 11.2. The summed E-state index contributed by atoms with van der Waals surface area (Å²) in [5.41, 5.74) is 0.325. The monoisotopic (exact) mass is 435 g/mol. The predicted molar refractivity (Wildman–Crippen MR) is 111 cm³/mol. The minimum Gasteiger partial charge on any atom is -0.480 e. The second-order valence-electron chi connectivity index (χ2n) is 7.41. The molecule has 2 aliphatic rings. The van der Waals surface area contributed by atoms with Gasteiger partial charge in [0.25, 0.3) is 10.2 Å². The van der Waals surface area contributed by atoms with Gasteiger partial charge in [-0.1, -0.05) is 41.9 Å². The van der Waals surface area contributed by atoms with Crippen molar-refractivity contribution in [1.82, 2.24) is 9.03 Å². The van der Waals surface area contributed by atoms with Gasteiger partial charge in [-0.3, -0.25) is 4.79 Å². The van der Waals surface area contributed by atoms with E-state index in [1.54, 1.807) is 12.1 Å². The standard InChI is InChI=1S/C20H22ClN3O4S/c21-16-6-8-17(9-7-16)23-10-12-24(13-11-23)29(27,28)22-20(19(25)26)14-18(20)15-4-2-1-3-5-15/h1-9,18,22H,10-14H2,(H,25,26)/t18-,20+/m0/s1. The van der Waals surface area contributed by atoms with Crippen LogP contribution in [0.3, 0.4) is 0 Å². The van der Waals surface area contributed by atoms with Crippen LogP contribution in [0.25, 0.3) is 0 Å². The summed E-state index contributed by atoms with van der Waals surface area (Å²) in [7, 11) is -3.92. The first-order chi connectivity index (χ1) is 13.8. The average Bonchev–Trinajstić information content (AvgIpc) is 3.44. The molecule has 0 amide bonds. The van der Waals surface area contributed by atoms with Crippen molar-refractivity contribution in [3.05, 3.63) is 65.2 Å². The summed E-state index contributed by atoms with van der Waals surface area (Å²) in [6.45, 7) is 1.60. The smallest absolute Gasteiger partial charge is 0.325 e. The molecule has 1 aliphatic heterocycles. The van der Waals surface area contributed by atoms with Crippen molar-refractivity contribution < 1.29 is 18.3 Å². The molecule has 0 unspecified atom stereocenters. The molecule has 7 nitrogen and oxygen atoms in total. The molecule has 4 rings (SSSR count). The number of halogens is 1. The third kappa shape index (κ3) is 3.98. The highest BCUT2D eigenvalue weighted by Gasteiger charge is 2.63. The minimum absolute atomic E-state index is 0.246.